The van der Waals surface area contributed by atoms with E-state index in [-0.39, 0.29) is 0 Å². The topological polar surface area (TPSA) is 30.9 Å². The number of hydrogen-bond donors (Lipinski definition) is 0. The van der Waals surface area contributed by atoms with E-state index >= 15 is 0 Å². The van der Waals surface area contributed by atoms with Crippen molar-refractivity contribution in [2.45, 2.75) is 176 Å². The Hall–Kier alpha value is -0.420. The molecule has 0 spiro atoms. The molecule has 48 heavy (non-hydrogen) atoms. The van der Waals surface area contributed by atoms with E-state index in [9.17, 15) is 0 Å². The van der Waals surface area contributed by atoms with E-state index in [1.165, 1.54) is 116 Å². The Kier molecular flexibility index (Phi) is 16.8. The largest absolute Gasteiger partial charge is 0.380 e. The van der Waals surface area contributed by atoms with Gasteiger partial charge in [0.25, 0.3) is 0 Å². The average Bonchev–Trinajstić information content (AvgIpc) is 3.41. The molecule has 4 aliphatic rings. The molecule has 0 heterocycles. The molecule has 0 aromatic rings. The zero-order valence-electron chi connectivity index (χ0n) is 33.3. The molecular formula is C44H81NO3. The van der Waals surface area contributed by atoms with Gasteiger partial charge in [-0.2, -0.15) is 0 Å². The molecule has 0 radical (unpaired) electrons. The van der Waals surface area contributed by atoms with Crippen LogP contribution in [0.3, 0.4) is 0 Å². The number of allylic oxidation sites excluding steroid dienone is 1. The van der Waals surface area contributed by atoms with Crippen molar-refractivity contribution in [3.05, 3.63) is 11.6 Å². The lowest BCUT2D eigenvalue weighted by molar-refractivity contribution is -0.0641. The maximum atomic E-state index is 6.55. The first-order valence-electron chi connectivity index (χ1n) is 21.2. The summed E-state index contributed by atoms with van der Waals surface area (Å²) in [4.78, 5) is 2.23. The highest BCUT2D eigenvalue weighted by Gasteiger charge is 2.59. The molecule has 3 unspecified atom stereocenters. The molecule has 4 aliphatic carbocycles. The molecule has 0 saturated heterocycles. The lowest BCUT2D eigenvalue weighted by atomic mass is 9.47. The van der Waals surface area contributed by atoms with Crippen LogP contribution in [0.2, 0.25) is 0 Å². The number of likely N-dealkylation sites (N-methyl/N-ethyl adjacent to an activating group) is 1. The third-order valence-corrected chi connectivity index (χ3v) is 14.3. The minimum Gasteiger partial charge on any atom is -0.380 e. The van der Waals surface area contributed by atoms with Crippen LogP contribution in [-0.2, 0) is 14.2 Å². The third-order valence-electron chi connectivity index (χ3n) is 14.3. The summed E-state index contributed by atoms with van der Waals surface area (Å²) in [6, 6.07) is 0.354. The smallest absolute Gasteiger partial charge is 0.0644 e. The summed E-state index contributed by atoms with van der Waals surface area (Å²) in [7, 11) is 4.25. The van der Waals surface area contributed by atoms with Crippen molar-refractivity contribution in [3.63, 3.8) is 0 Å². The van der Waals surface area contributed by atoms with Gasteiger partial charge in [0.15, 0.2) is 0 Å². The molecule has 4 heteroatoms. The summed E-state index contributed by atoms with van der Waals surface area (Å²) >= 11 is 0. The first kappa shape index (κ1) is 40.4. The number of rotatable bonds is 23. The second-order valence-electron chi connectivity index (χ2n) is 18.3. The fraction of sp³-hybridized carbons (Fsp3) is 0.955. The minimum absolute atomic E-state index is 0.354. The Labute approximate surface area is 299 Å². The highest BCUT2D eigenvalue weighted by Crippen LogP contribution is 2.67. The Morgan fingerprint density at radius 2 is 1.46 bits per heavy atom. The second-order valence-corrected chi connectivity index (χ2v) is 18.3. The van der Waals surface area contributed by atoms with Gasteiger partial charge in [-0.25, -0.2) is 0 Å². The lowest BCUT2D eigenvalue weighted by Gasteiger charge is -2.58. The predicted octanol–water partition coefficient (Wildman–Crippen LogP) is 11.5. The SMILES string of the molecule is CCCCOC[C@H](COCCCCCCCCO[C@H]1CC[C@@]2(C)C(=CCC3C2CC[C@@]2(C)C3CC[C@@H]2[C@H](C)CCCC(C)C)C1)N(C)C. The van der Waals surface area contributed by atoms with Gasteiger partial charge in [-0.3, -0.25) is 0 Å². The molecule has 0 N–H and O–H groups in total. The van der Waals surface area contributed by atoms with Gasteiger partial charge in [0.1, 0.15) is 0 Å². The van der Waals surface area contributed by atoms with Crippen molar-refractivity contribution >= 4 is 0 Å². The highest BCUT2D eigenvalue weighted by atomic mass is 16.5. The van der Waals surface area contributed by atoms with E-state index in [2.05, 4.69) is 66.6 Å². The minimum atomic E-state index is 0.354. The molecule has 0 aromatic carbocycles. The fourth-order valence-corrected chi connectivity index (χ4v) is 11.1. The van der Waals surface area contributed by atoms with Gasteiger partial charge in [0.05, 0.1) is 25.4 Å². The number of unbranched alkanes of at least 4 members (excludes halogenated alkanes) is 6. The maximum absolute atomic E-state index is 6.55. The zero-order chi connectivity index (χ0) is 34.6. The average molecular weight is 672 g/mol. The maximum Gasteiger partial charge on any atom is 0.0644 e. The van der Waals surface area contributed by atoms with Crippen molar-refractivity contribution in [2.24, 2.45) is 46.3 Å². The van der Waals surface area contributed by atoms with Gasteiger partial charge in [0, 0.05) is 19.8 Å². The van der Waals surface area contributed by atoms with Gasteiger partial charge in [-0.15, -0.1) is 0 Å². The zero-order valence-corrected chi connectivity index (χ0v) is 33.3. The Bertz CT molecular complexity index is 932. The summed E-state index contributed by atoms with van der Waals surface area (Å²) in [6.07, 6.45) is 28.6. The quantitative estimate of drug-likeness (QED) is 0.0799. The molecule has 3 fully saturated rings. The van der Waals surface area contributed by atoms with E-state index in [1.54, 1.807) is 5.57 Å². The molecule has 0 aliphatic heterocycles. The number of hydrogen-bond acceptors (Lipinski definition) is 4. The van der Waals surface area contributed by atoms with Gasteiger partial charge in [-0.05, 0) is 131 Å². The molecule has 4 rings (SSSR count). The number of fused-ring (bicyclic) bond motifs is 5. The van der Waals surface area contributed by atoms with Crippen LogP contribution >= 0.6 is 0 Å². The first-order chi connectivity index (χ1) is 23.1. The summed E-state index contributed by atoms with van der Waals surface area (Å²) in [6.45, 7) is 19.2. The van der Waals surface area contributed by atoms with Crippen molar-refractivity contribution in [3.8, 4) is 0 Å². The molecule has 280 valence electrons. The van der Waals surface area contributed by atoms with Gasteiger partial charge in [-0.1, -0.05) is 105 Å². The van der Waals surface area contributed by atoms with E-state index in [0.29, 0.717) is 23.0 Å². The third kappa shape index (κ3) is 10.8. The standard InChI is InChI=1S/C44H81NO3/c1-9-10-28-46-32-37(45(7)8)33-47-29-15-13-11-12-14-16-30-48-38-24-26-43(5)36(31-38)20-21-39-41-23-22-40(35(4)19-17-18-34(2)3)44(41,6)27-25-42(39)43/h20,34-35,37-42H,9-19,21-33H2,1-8H3/t35-,37-,38+,39?,40-,41?,42?,43+,44-/m1/s1. The fourth-order valence-electron chi connectivity index (χ4n) is 11.1. The van der Waals surface area contributed by atoms with Crippen LogP contribution in [0.4, 0.5) is 0 Å². The van der Waals surface area contributed by atoms with E-state index in [0.717, 1.165) is 75.0 Å². The summed E-state index contributed by atoms with van der Waals surface area (Å²) < 4.78 is 18.4. The van der Waals surface area contributed by atoms with Gasteiger partial charge < -0.3 is 19.1 Å². The molecule has 4 nitrogen and oxygen atoms in total. The van der Waals surface area contributed by atoms with Gasteiger partial charge in [0.2, 0.25) is 0 Å². The summed E-state index contributed by atoms with van der Waals surface area (Å²) in [5.74, 6) is 5.51. The van der Waals surface area contributed by atoms with E-state index < -0.39 is 0 Å². The van der Waals surface area contributed by atoms with Crippen LogP contribution in [-0.4, -0.2) is 64.2 Å². The lowest BCUT2D eigenvalue weighted by Crippen LogP contribution is -2.51. The Morgan fingerprint density at radius 3 is 2.15 bits per heavy atom. The molecule has 0 bridgehead atoms. The van der Waals surface area contributed by atoms with Crippen LogP contribution in [0, 0.1) is 46.3 Å². The highest BCUT2D eigenvalue weighted by molar-refractivity contribution is 5.25. The summed E-state index contributed by atoms with van der Waals surface area (Å²) in [5.41, 5.74) is 2.81. The van der Waals surface area contributed by atoms with Crippen LogP contribution in [0.5, 0.6) is 0 Å². The Balaban J connectivity index is 1.09. The Morgan fingerprint density at radius 1 is 0.771 bits per heavy atom. The second kappa shape index (κ2) is 20.0. The molecule has 0 aromatic heterocycles. The van der Waals surface area contributed by atoms with Crippen LogP contribution in [0.15, 0.2) is 11.6 Å². The molecule has 3 saturated carbocycles. The van der Waals surface area contributed by atoms with Gasteiger partial charge >= 0.3 is 0 Å². The van der Waals surface area contributed by atoms with Crippen LogP contribution < -0.4 is 0 Å². The van der Waals surface area contributed by atoms with E-state index in [4.69, 9.17) is 14.2 Å². The number of ether oxygens (including phenoxy) is 3. The van der Waals surface area contributed by atoms with Crippen LogP contribution in [0.1, 0.15) is 164 Å². The van der Waals surface area contributed by atoms with Crippen molar-refractivity contribution in [1.82, 2.24) is 4.90 Å². The predicted molar refractivity (Wildman–Crippen MR) is 205 cm³/mol. The van der Waals surface area contributed by atoms with Crippen molar-refractivity contribution in [2.75, 3.05) is 47.1 Å². The van der Waals surface area contributed by atoms with Crippen molar-refractivity contribution < 1.29 is 14.2 Å². The molecule has 0 amide bonds. The van der Waals surface area contributed by atoms with E-state index in [1.807, 2.05) is 0 Å². The normalized spacial score (nSPS) is 33.0. The molecule has 9 atom stereocenters. The molecular weight excluding hydrogens is 590 g/mol. The number of nitrogens with zero attached hydrogens (tertiary/aromatic N) is 1. The summed E-state index contributed by atoms with van der Waals surface area (Å²) in [5, 5.41) is 0. The van der Waals surface area contributed by atoms with Crippen LogP contribution in [0.25, 0.3) is 0 Å². The monoisotopic (exact) mass is 672 g/mol. The first-order valence-corrected chi connectivity index (χ1v) is 21.2. The van der Waals surface area contributed by atoms with Crippen molar-refractivity contribution in [1.29, 1.82) is 0 Å².